The molecule has 0 aliphatic carbocycles. The second-order valence-corrected chi connectivity index (χ2v) is 7.91. The number of piperazine rings is 1. The van der Waals surface area contributed by atoms with Gasteiger partial charge in [0.25, 0.3) is 0 Å². The number of anilines is 1. The van der Waals surface area contributed by atoms with E-state index in [1.54, 1.807) is 0 Å². The van der Waals surface area contributed by atoms with Gasteiger partial charge in [-0.2, -0.15) is 0 Å². The number of carbonyl (C=O) groups excluding carboxylic acids is 1. The van der Waals surface area contributed by atoms with Gasteiger partial charge in [-0.05, 0) is 44.0 Å². The Bertz CT molecular complexity index is 769. The number of rotatable bonds is 5. The molecule has 3 heterocycles. The predicted octanol–water partition coefficient (Wildman–Crippen LogP) is 3.27. The van der Waals surface area contributed by atoms with Gasteiger partial charge in [-0.15, -0.1) is 0 Å². The Morgan fingerprint density at radius 3 is 2.54 bits per heavy atom. The van der Waals surface area contributed by atoms with Crippen molar-refractivity contribution < 1.29 is 4.79 Å². The van der Waals surface area contributed by atoms with E-state index >= 15 is 0 Å². The van der Waals surface area contributed by atoms with Gasteiger partial charge in [0.15, 0.2) is 0 Å². The van der Waals surface area contributed by atoms with E-state index < -0.39 is 0 Å². The quantitative estimate of drug-likeness (QED) is 0.801. The normalized spacial score (nSPS) is 20.5. The van der Waals surface area contributed by atoms with E-state index in [1.807, 2.05) is 29.3 Å². The molecule has 1 aromatic carbocycles. The summed E-state index contributed by atoms with van der Waals surface area (Å²) in [5.41, 5.74) is 2.69. The predicted molar refractivity (Wildman–Crippen MR) is 112 cm³/mol. The Hall–Kier alpha value is -2.40. The van der Waals surface area contributed by atoms with E-state index in [4.69, 9.17) is 0 Å². The van der Waals surface area contributed by atoms with Gasteiger partial charge < -0.3 is 9.80 Å². The van der Waals surface area contributed by atoms with E-state index in [-0.39, 0.29) is 5.91 Å². The average Bonchev–Trinajstić information content (AvgIpc) is 3.22. The fourth-order valence-corrected chi connectivity index (χ4v) is 4.38. The van der Waals surface area contributed by atoms with Crippen LogP contribution in [0.3, 0.4) is 0 Å². The molecule has 2 aliphatic rings. The lowest BCUT2D eigenvalue weighted by Gasteiger charge is -2.36. The minimum Gasteiger partial charge on any atom is -0.353 e. The average molecular weight is 379 g/mol. The molecule has 1 atom stereocenters. The highest BCUT2D eigenvalue weighted by Crippen LogP contribution is 2.32. The van der Waals surface area contributed by atoms with Crippen molar-refractivity contribution in [1.82, 2.24) is 14.8 Å². The Labute approximate surface area is 168 Å². The SMILES string of the molecule is Cc1ccc([C@@H]2CCCN2CCC(=O)N2CCN(c3ccccn3)CC2)cc1. The first-order chi connectivity index (χ1) is 13.7. The summed E-state index contributed by atoms with van der Waals surface area (Å²) in [5.74, 6) is 1.29. The summed E-state index contributed by atoms with van der Waals surface area (Å²) in [6.45, 7) is 7.38. The molecular formula is C23H30N4O. The molecule has 4 rings (SSSR count). The van der Waals surface area contributed by atoms with Crippen LogP contribution < -0.4 is 4.90 Å². The third-order valence-electron chi connectivity index (χ3n) is 6.04. The minimum atomic E-state index is 0.287. The summed E-state index contributed by atoms with van der Waals surface area (Å²) in [6.07, 6.45) is 4.86. The number of amides is 1. The third kappa shape index (κ3) is 4.36. The van der Waals surface area contributed by atoms with Crippen LogP contribution in [0.1, 0.15) is 36.4 Å². The van der Waals surface area contributed by atoms with E-state index in [1.165, 1.54) is 24.0 Å². The number of hydrogen-bond donors (Lipinski definition) is 0. The number of benzene rings is 1. The third-order valence-corrected chi connectivity index (χ3v) is 6.04. The molecule has 0 N–H and O–H groups in total. The van der Waals surface area contributed by atoms with E-state index in [0.29, 0.717) is 12.5 Å². The Morgan fingerprint density at radius 2 is 1.82 bits per heavy atom. The van der Waals surface area contributed by atoms with Crippen LogP contribution in [0.15, 0.2) is 48.7 Å². The van der Waals surface area contributed by atoms with Crippen LogP contribution in [-0.2, 0) is 4.79 Å². The lowest BCUT2D eigenvalue weighted by molar-refractivity contribution is -0.131. The summed E-state index contributed by atoms with van der Waals surface area (Å²) in [4.78, 5) is 23.9. The molecule has 0 saturated carbocycles. The maximum absolute atomic E-state index is 12.8. The Morgan fingerprint density at radius 1 is 1.04 bits per heavy atom. The van der Waals surface area contributed by atoms with Crippen LogP contribution in [0, 0.1) is 6.92 Å². The first kappa shape index (κ1) is 18.9. The first-order valence-electron chi connectivity index (χ1n) is 10.4. The lowest BCUT2D eigenvalue weighted by atomic mass is 10.0. The van der Waals surface area contributed by atoms with Gasteiger partial charge >= 0.3 is 0 Å². The van der Waals surface area contributed by atoms with Crippen LogP contribution in [0.5, 0.6) is 0 Å². The van der Waals surface area contributed by atoms with Gasteiger partial charge in [-0.1, -0.05) is 35.9 Å². The van der Waals surface area contributed by atoms with Gasteiger partial charge in [0, 0.05) is 51.4 Å². The maximum atomic E-state index is 12.8. The summed E-state index contributed by atoms with van der Waals surface area (Å²) in [5, 5.41) is 0. The molecule has 28 heavy (non-hydrogen) atoms. The van der Waals surface area contributed by atoms with Gasteiger partial charge in [0.05, 0.1) is 0 Å². The second kappa shape index (κ2) is 8.74. The molecule has 0 spiro atoms. The highest BCUT2D eigenvalue weighted by molar-refractivity contribution is 5.76. The molecule has 2 aliphatic heterocycles. The van der Waals surface area contributed by atoms with Crippen molar-refractivity contribution in [1.29, 1.82) is 0 Å². The standard InChI is InChI=1S/C23H30N4O/c1-19-7-9-20(10-8-19)21-5-4-13-25(21)14-11-23(28)27-17-15-26(16-18-27)22-6-2-3-12-24-22/h2-3,6-10,12,21H,4-5,11,13-18H2,1H3/t21-/m0/s1. The molecule has 2 saturated heterocycles. The number of hydrogen-bond acceptors (Lipinski definition) is 4. The number of nitrogens with zero attached hydrogens (tertiary/aromatic N) is 4. The van der Waals surface area contributed by atoms with Crippen molar-refractivity contribution in [2.75, 3.05) is 44.2 Å². The molecule has 2 fully saturated rings. The Balaban J connectivity index is 1.27. The zero-order valence-corrected chi connectivity index (χ0v) is 16.8. The van der Waals surface area contributed by atoms with Crippen molar-refractivity contribution in [2.24, 2.45) is 0 Å². The molecular weight excluding hydrogens is 348 g/mol. The van der Waals surface area contributed by atoms with Gasteiger partial charge in [-0.3, -0.25) is 9.69 Å². The smallest absolute Gasteiger partial charge is 0.223 e. The summed E-state index contributed by atoms with van der Waals surface area (Å²) >= 11 is 0. The number of likely N-dealkylation sites (tertiary alicyclic amines) is 1. The van der Waals surface area contributed by atoms with Crippen LogP contribution in [0.25, 0.3) is 0 Å². The molecule has 0 radical (unpaired) electrons. The van der Waals surface area contributed by atoms with Crippen LogP contribution in [0.4, 0.5) is 5.82 Å². The Kier molecular flexibility index (Phi) is 5.91. The number of aryl methyl sites for hydroxylation is 1. The number of aromatic nitrogens is 1. The van der Waals surface area contributed by atoms with Gasteiger partial charge in [-0.25, -0.2) is 4.98 Å². The molecule has 5 heteroatoms. The van der Waals surface area contributed by atoms with Gasteiger partial charge in [0.2, 0.25) is 5.91 Å². The topological polar surface area (TPSA) is 39.7 Å². The van der Waals surface area contributed by atoms with E-state index in [9.17, 15) is 4.79 Å². The molecule has 2 aromatic rings. The minimum absolute atomic E-state index is 0.287. The number of pyridine rings is 1. The molecule has 1 aromatic heterocycles. The van der Waals surface area contributed by atoms with Crippen molar-refractivity contribution in [3.8, 4) is 0 Å². The van der Waals surface area contributed by atoms with Crippen LogP contribution >= 0.6 is 0 Å². The first-order valence-corrected chi connectivity index (χ1v) is 10.4. The van der Waals surface area contributed by atoms with Crippen LogP contribution in [-0.4, -0.2) is 60.0 Å². The number of carbonyl (C=O) groups is 1. The largest absolute Gasteiger partial charge is 0.353 e. The van der Waals surface area contributed by atoms with Crippen molar-refractivity contribution in [3.05, 3.63) is 59.8 Å². The summed E-state index contributed by atoms with van der Waals surface area (Å²) < 4.78 is 0. The van der Waals surface area contributed by atoms with E-state index in [2.05, 4.69) is 46.0 Å². The second-order valence-electron chi connectivity index (χ2n) is 7.91. The highest BCUT2D eigenvalue weighted by Gasteiger charge is 2.27. The maximum Gasteiger partial charge on any atom is 0.223 e. The van der Waals surface area contributed by atoms with Crippen molar-refractivity contribution >= 4 is 11.7 Å². The van der Waals surface area contributed by atoms with E-state index in [0.717, 1.165) is 45.1 Å². The fraction of sp³-hybridized carbons (Fsp3) is 0.478. The zero-order valence-electron chi connectivity index (χ0n) is 16.8. The monoisotopic (exact) mass is 378 g/mol. The fourth-order valence-electron chi connectivity index (χ4n) is 4.38. The summed E-state index contributed by atoms with van der Waals surface area (Å²) in [6, 6.07) is 15.3. The molecule has 0 unspecified atom stereocenters. The lowest BCUT2D eigenvalue weighted by Crippen LogP contribution is -2.49. The zero-order chi connectivity index (χ0) is 19.3. The van der Waals surface area contributed by atoms with Crippen molar-refractivity contribution in [3.63, 3.8) is 0 Å². The van der Waals surface area contributed by atoms with Crippen LogP contribution in [0.2, 0.25) is 0 Å². The molecule has 0 bridgehead atoms. The molecule has 5 nitrogen and oxygen atoms in total. The van der Waals surface area contributed by atoms with Crippen molar-refractivity contribution in [2.45, 2.75) is 32.2 Å². The molecule has 148 valence electrons. The highest BCUT2D eigenvalue weighted by atomic mass is 16.2. The molecule has 1 amide bonds. The van der Waals surface area contributed by atoms with Gasteiger partial charge in [0.1, 0.15) is 5.82 Å². The summed E-state index contributed by atoms with van der Waals surface area (Å²) in [7, 11) is 0.